The summed E-state index contributed by atoms with van der Waals surface area (Å²) < 4.78 is 50.5. The minimum atomic E-state index is -3.06. The standard InChI is InChI=1S/C30H35F3N2OSi/c1-22(17-23-19-34-28-18-24(31)15-16-27(23)28)35-20-30(32,33)21-36-37(29(2,3)4,25-11-7-5-8-12-25)26-13-9-6-10-14-26/h5-16,18-19,22,34-35H,17,20-21H2,1-4H3/t22-/m1/s1. The lowest BCUT2D eigenvalue weighted by molar-refractivity contribution is -0.0433. The summed E-state index contributed by atoms with van der Waals surface area (Å²) >= 11 is 0. The van der Waals surface area contributed by atoms with Gasteiger partial charge in [0.05, 0.1) is 13.2 Å². The molecule has 1 aromatic heterocycles. The highest BCUT2D eigenvalue weighted by Crippen LogP contribution is 2.37. The fourth-order valence-electron chi connectivity index (χ4n) is 5.08. The molecule has 3 nitrogen and oxygen atoms in total. The van der Waals surface area contributed by atoms with Crippen LogP contribution in [0.15, 0.2) is 85.1 Å². The molecule has 0 bridgehead atoms. The van der Waals surface area contributed by atoms with Gasteiger partial charge < -0.3 is 14.7 Å². The van der Waals surface area contributed by atoms with Gasteiger partial charge in [0.25, 0.3) is 14.2 Å². The fourth-order valence-corrected chi connectivity index (χ4v) is 9.66. The van der Waals surface area contributed by atoms with Crippen LogP contribution in [-0.2, 0) is 10.8 Å². The van der Waals surface area contributed by atoms with E-state index in [0.29, 0.717) is 11.9 Å². The van der Waals surface area contributed by atoms with Crippen LogP contribution in [0.5, 0.6) is 0 Å². The number of alkyl halides is 2. The van der Waals surface area contributed by atoms with Gasteiger partial charge in [-0.05, 0) is 52.5 Å². The van der Waals surface area contributed by atoms with Gasteiger partial charge in [-0.25, -0.2) is 13.2 Å². The molecule has 37 heavy (non-hydrogen) atoms. The molecule has 2 N–H and O–H groups in total. The van der Waals surface area contributed by atoms with Gasteiger partial charge in [-0.3, -0.25) is 0 Å². The second-order valence-corrected chi connectivity index (χ2v) is 15.1. The average Bonchev–Trinajstić information content (AvgIpc) is 3.25. The lowest BCUT2D eigenvalue weighted by atomic mass is 10.1. The number of hydrogen-bond donors (Lipinski definition) is 2. The van der Waals surface area contributed by atoms with Crippen LogP contribution in [0.1, 0.15) is 33.3 Å². The van der Waals surface area contributed by atoms with E-state index >= 15 is 8.78 Å². The van der Waals surface area contributed by atoms with Crippen LogP contribution in [-0.4, -0.2) is 38.4 Å². The van der Waals surface area contributed by atoms with Crippen molar-refractivity contribution >= 4 is 29.6 Å². The van der Waals surface area contributed by atoms with Gasteiger partial charge in [0, 0.05) is 23.1 Å². The molecule has 0 aliphatic carbocycles. The molecule has 0 fully saturated rings. The molecule has 1 heterocycles. The van der Waals surface area contributed by atoms with Crippen molar-refractivity contribution in [3.8, 4) is 0 Å². The highest BCUT2D eigenvalue weighted by atomic mass is 28.4. The summed E-state index contributed by atoms with van der Waals surface area (Å²) in [5, 5.41) is 5.46. The molecule has 3 aromatic carbocycles. The maximum atomic E-state index is 15.3. The Balaban J connectivity index is 1.49. The maximum Gasteiger partial charge on any atom is 0.281 e. The lowest BCUT2D eigenvalue weighted by Crippen LogP contribution is -2.67. The maximum absolute atomic E-state index is 15.3. The van der Waals surface area contributed by atoms with Crippen LogP contribution in [0.25, 0.3) is 10.9 Å². The molecular formula is C30H35F3N2OSi. The van der Waals surface area contributed by atoms with E-state index in [9.17, 15) is 4.39 Å². The molecule has 0 amide bonds. The molecule has 0 aliphatic heterocycles. The van der Waals surface area contributed by atoms with Gasteiger partial charge >= 0.3 is 0 Å². The molecule has 7 heteroatoms. The first-order valence-electron chi connectivity index (χ1n) is 12.6. The molecule has 1 atom stereocenters. The van der Waals surface area contributed by atoms with Gasteiger partial charge in [0.15, 0.2) is 0 Å². The number of benzene rings is 3. The molecule has 0 unspecified atom stereocenters. The normalized spacial score (nSPS) is 13.7. The highest BCUT2D eigenvalue weighted by Gasteiger charge is 2.51. The number of hydrogen-bond acceptors (Lipinski definition) is 2. The van der Waals surface area contributed by atoms with Crippen molar-refractivity contribution in [1.82, 2.24) is 10.3 Å². The minimum Gasteiger partial charge on any atom is -0.401 e. The van der Waals surface area contributed by atoms with Crippen molar-refractivity contribution in [2.24, 2.45) is 0 Å². The zero-order chi connectivity index (χ0) is 26.7. The summed E-state index contributed by atoms with van der Waals surface area (Å²) in [7, 11) is -3.04. The fraction of sp³-hybridized carbons (Fsp3) is 0.333. The predicted octanol–water partition coefficient (Wildman–Crippen LogP) is 6.04. The monoisotopic (exact) mass is 524 g/mol. The van der Waals surface area contributed by atoms with Crippen molar-refractivity contribution in [3.63, 3.8) is 0 Å². The second-order valence-electron chi connectivity index (χ2n) is 10.8. The number of rotatable bonds is 10. The Morgan fingerprint density at radius 1 is 0.919 bits per heavy atom. The van der Waals surface area contributed by atoms with Crippen LogP contribution < -0.4 is 15.7 Å². The third-order valence-corrected chi connectivity index (χ3v) is 11.9. The van der Waals surface area contributed by atoms with Crippen molar-refractivity contribution in [3.05, 3.63) is 96.4 Å². The van der Waals surface area contributed by atoms with E-state index in [2.05, 4.69) is 31.1 Å². The molecule has 0 radical (unpaired) electrons. The Morgan fingerprint density at radius 2 is 1.51 bits per heavy atom. The van der Waals surface area contributed by atoms with E-state index in [-0.39, 0.29) is 16.9 Å². The molecule has 0 saturated carbocycles. The number of H-pyrrole nitrogens is 1. The minimum absolute atomic E-state index is 0.206. The second kappa shape index (κ2) is 10.9. The van der Waals surface area contributed by atoms with Crippen LogP contribution in [0.2, 0.25) is 5.04 Å². The van der Waals surface area contributed by atoms with Crippen LogP contribution in [0.4, 0.5) is 13.2 Å². The Kier molecular flexibility index (Phi) is 7.97. The summed E-state index contributed by atoms with van der Waals surface area (Å²) in [6.45, 7) is 6.93. The first-order valence-corrected chi connectivity index (χ1v) is 14.5. The molecule has 4 aromatic rings. The summed E-state index contributed by atoms with van der Waals surface area (Å²) in [5.74, 6) is -3.38. The van der Waals surface area contributed by atoms with E-state index in [1.807, 2.05) is 73.8 Å². The SMILES string of the molecule is C[C@H](Cc1c[nH]c2cc(F)ccc12)NCC(F)(F)CO[Si](c1ccccc1)(c1ccccc1)C(C)(C)C. The van der Waals surface area contributed by atoms with Crippen LogP contribution >= 0.6 is 0 Å². The summed E-state index contributed by atoms with van der Waals surface area (Å²) in [4.78, 5) is 3.06. The van der Waals surface area contributed by atoms with E-state index in [4.69, 9.17) is 4.43 Å². The van der Waals surface area contributed by atoms with Gasteiger partial charge in [-0.1, -0.05) is 81.4 Å². The Hall–Kier alpha value is -2.87. The van der Waals surface area contributed by atoms with E-state index in [0.717, 1.165) is 21.3 Å². The summed E-state index contributed by atoms with van der Waals surface area (Å²) in [6, 6.07) is 24.0. The van der Waals surface area contributed by atoms with E-state index in [1.54, 1.807) is 6.07 Å². The molecule has 0 saturated heterocycles. The van der Waals surface area contributed by atoms with E-state index < -0.39 is 27.4 Å². The Morgan fingerprint density at radius 3 is 2.08 bits per heavy atom. The number of aromatic amines is 1. The Labute approximate surface area is 218 Å². The Bertz CT molecular complexity index is 1260. The lowest BCUT2D eigenvalue weighted by Gasteiger charge is -2.43. The van der Waals surface area contributed by atoms with Gasteiger partial charge in [-0.15, -0.1) is 0 Å². The van der Waals surface area contributed by atoms with Crippen molar-refractivity contribution in [2.45, 2.75) is 51.1 Å². The van der Waals surface area contributed by atoms with Crippen molar-refractivity contribution < 1.29 is 17.6 Å². The molecule has 196 valence electrons. The number of nitrogens with one attached hydrogen (secondary N) is 2. The zero-order valence-corrected chi connectivity index (χ0v) is 22.8. The van der Waals surface area contributed by atoms with Crippen molar-refractivity contribution in [2.75, 3.05) is 13.2 Å². The molecule has 4 rings (SSSR count). The smallest absolute Gasteiger partial charge is 0.281 e. The third kappa shape index (κ3) is 6.00. The molecule has 0 spiro atoms. The average molecular weight is 525 g/mol. The van der Waals surface area contributed by atoms with Gasteiger partial charge in [-0.2, -0.15) is 0 Å². The zero-order valence-electron chi connectivity index (χ0n) is 21.8. The van der Waals surface area contributed by atoms with E-state index in [1.165, 1.54) is 12.1 Å². The molecule has 0 aliphatic rings. The predicted molar refractivity (Wildman–Crippen MR) is 148 cm³/mol. The highest BCUT2D eigenvalue weighted by molar-refractivity contribution is 6.99. The van der Waals surface area contributed by atoms with Crippen molar-refractivity contribution in [1.29, 1.82) is 0 Å². The largest absolute Gasteiger partial charge is 0.401 e. The quantitative estimate of drug-likeness (QED) is 0.248. The summed E-state index contributed by atoms with van der Waals surface area (Å²) in [6.07, 6.45) is 2.35. The summed E-state index contributed by atoms with van der Waals surface area (Å²) in [5.41, 5.74) is 1.66. The van der Waals surface area contributed by atoms with Crippen LogP contribution in [0, 0.1) is 5.82 Å². The van der Waals surface area contributed by atoms with Gasteiger partial charge in [0.2, 0.25) is 0 Å². The topological polar surface area (TPSA) is 37.0 Å². The molecular weight excluding hydrogens is 489 g/mol. The van der Waals surface area contributed by atoms with Crippen LogP contribution in [0.3, 0.4) is 0 Å². The third-order valence-electron chi connectivity index (χ3n) is 6.88. The first-order chi connectivity index (χ1) is 17.5. The van der Waals surface area contributed by atoms with Gasteiger partial charge in [0.1, 0.15) is 5.82 Å². The number of halogens is 3. The first kappa shape index (κ1) is 27.2. The number of fused-ring (bicyclic) bond motifs is 1. The number of aromatic nitrogens is 1.